The highest BCUT2D eigenvalue weighted by Gasteiger charge is 2.29. The molecule has 0 atom stereocenters. The standard InChI is InChI=1S/C24H30ClN7/c1-18-21(23(25)32(29-18)20-9-5-4-6-10-20)17-30-15-19(16-30)27-24-26-12-11-22(28-24)31-13-7-2-3-8-14-31/h4-6,9-12,19H,2-3,7-8,13-17H2,1H3,(H,26,27,28). The molecule has 4 heterocycles. The van der Waals surface area contributed by atoms with E-state index >= 15 is 0 Å². The van der Waals surface area contributed by atoms with E-state index < -0.39 is 0 Å². The molecule has 168 valence electrons. The fourth-order valence-corrected chi connectivity index (χ4v) is 4.87. The van der Waals surface area contributed by atoms with E-state index in [1.807, 2.05) is 54.2 Å². The van der Waals surface area contributed by atoms with E-state index in [9.17, 15) is 0 Å². The largest absolute Gasteiger partial charge is 0.356 e. The van der Waals surface area contributed by atoms with Gasteiger partial charge in [-0.05, 0) is 38.0 Å². The van der Waals surface area contributed by atoms with Crippen LogP contribution in [0.4, 0.5) is 11.8 Å². The molecule has 2 aromatic heterocycles. The quantitative estimate of drug-likeness (QED) is 0.602. The van der Waals surface area contributed by atoms with E-state index in [4.69, 9.17) is 16.6 Å². The number of rotatable bonds is 6. The van der Waals surface area contributed by atoms with Crippen LogP contribution >= 0.6 is 11.6 Å². The van der Waals surface area contributed by atoms with Gasteiger partial charge < -0.3 is 10.2 Å². The summed E-state index contributed by atoms with van der Waals surface area (Å²) >= 11 is 6.69. The topological polar surface area (TPSA) is 62.1 Å². The van der Waals surface area contributed by atoms with Crippen LogP contribution in [0.15, 0.2) is 42.6 Å². The van der Waals surface area contributed by atoms with Crippen molar-refractivity contribution in [2.24, 2.45) is 0 Å². The van der Waals surface area contributed by atoms with Crippen LogP contribution in [0, 0.1) is 6.92 Å². The lowest BCUT2D eigenvalue weighted by atomic mass is 10.1. The fraction of sp³-hybridized carbons (Fsp3) is 0.458. The van der Waals surface area contributed by atoms with Gasteiger partial charge in [-0.1, -0.05) is 42.6 Å². The molecule has 0 spiro atoms. The zero-order valence-electron chi connectivity index (χ0n) is 18.5. The zero-order chi connectivity index (χ0) is 21.9. The highest BCUT2D eigenvalue weighted by molar-refractivity contribution is 6.30. The summed E-state index contributed by atoms with van der Waals surface area (Å²) in [7, 11) is 0. The first kappa shape index (κ1) is 21.2. The summed E-state index contributed by atoms with van der Waals surface area (Å²) in [5, 5.41) is 8.86. The molecule has 1 N–H and O–H groups in total. The third-order valence-corrected chi connectivity index (χ3v) is 6.75. The summed E-state index contributed by atoms with van der Waals surface area (Å²) in [6.07, 6.45) is 6.99. The molecule has 2 aliphatic heterocycles. The second kappa shape index (κ2) is 9.46. The Morgan fingerprint density at radius 3 is 2.53 bits per heavy atom. The van der Waals surface area contributed by atoms with Gasteiger partial charge in [0.1, 0.15) is 11.0 Å². The van der Waals surface area contributed by atoms with Crippen LogP contribution in [-0.4, -0.2) is 56.9 Å². The van der Waals surface area contributed by atoms with Gasteiger partial charge in [0.05, 0.1) is 17.4 Å². The number of aromatic nitrogens is 4. The predicted octanol–water partition coefficient (Wildman–Crippen LogP) is 4.30. The molecule has 0 saturated carbocycles. The average Bonchev–Trinajstić information content (AvgIpc) is 2.97. The Bertz CT molecular complexity index is 1040. The smallest absolute Gasteiger partial charge is 0.224 e. The van der Waals surface area contributed by atoms with Crippen LogP contribution in [0.25, 0.3) is 5.69 Å². The Morgan fingerprint density at radius 1 is 1.03 bits per heavy atom. The molecule has 1 aromatic carbocycles. The lowest BCUT2D eigenvalue weighted by molar-refractivity contribution is 0.152. The Balaban J connectivity index is 1.18. The zero-order valence-corrected chi connectivity index (χ0v) is 19.3. The van der Waals surface area contributed by atoms with Crippen molar-refractivity contribution in [2.75, 3.05) is 36.4 Å². The number of halogens is 1. The number of benzene rings is 1. The Hall–Kier alpha value is -2.64. The van der Waals surface area contributed by atoms with Crippen molar-refractivity contribution in [1.29, 1.82) is 0 Å². The van der Waals surface area contributed by atoms with Gasteiger partial charge in [0, 0.05) is 44.5 Å². The van der Waals surface area contributed by atoms with Gasteiger partial charge in [0.2, 0.25) is 5.95 Å². The van der Waals surface area contributed by atoms with Crippen molar-refractivity contribution in [3.63, 3.8) is 0 Å². The number of anilines is 2. The van der Waals surface area contributed by atoms with Crippen molar-refractivity contribution >= 4 is 23.4 Å². The third kappa shape index (κ3) is 4.59. The van der Waals surface area contributed by atoms with Gasteiger partial charge >= 0.3 is 0 Å². The van der Waals surface area contributed by atoms with Gasteiger partial charge in [-0.25, -0.2) is 9.67 Å². The van der Waals surface area contributed by atoms with E-state index in [2.05, 4.69) is 25.2 Å². The SMILES string of the molecule is Cc1nn(-c2ccccc2)c(Cl)c1CN1CC(Nc2nccc(N3CCCCCC3)n2)C1. The molecule has 7 nitrogen and oxygen atoms in total. The van der Waals surface area contributed by atoms with Gasteiger partial charge in [-0.3, -0.25) is 4.90 Å². The normalized spacial score (nSPS) is 17.8. The molecule has 0 aliphatic carbocycles. The van der Waals surface area contributed by atoms with E-state index in [-0.39, 0.29) is 0 Å². The minimum Gasteiger partial charge on any atom is -0.356 e. The molecule has 2 fully saturated rings. The van der Waals surface area contributed by atoms with Gasteiger partial charge in [-0.2, -0.15) is 10.1 Å². The number of hydrogen-bond acceptors (Lipinski definition) is 6. The maximum atomic E-state index is 6.69. The number of aryl methyl sites for hydroxylation is 1. The molecule has 32 heavy (non-hydrogen) atoms. The Morgan fingerprint density at radius 2 is 1.78 bits per heavy atom. The van der Waals surface area contributed by atoms with Crippen molar-refractivity contribution in [3.8, 4) is 5.69 Å². The maximum absolute atomic E-state index is 6.69. The number of nitrogens with zero attached hydrogens (tertiary/aromatic N) is 6. The summed E-state index contributed by atoms with van der Waals surface area (Å²) in [5.74, 6) is 1.76. The third-order valence-electron chi connectivity index (χ3n) is 6.37. The molecule has 8 heteroatoms. The number of hydrogen-bond donors (Lipinski definition) is 1. The van der Waals surface area contributed by atoms with E-state index in [0.29, 0.717) is 11.2 Å². The van der Waals surface area contributed by atoms with E-state index in [0.717, 1.165) is 61.4 Å². The monoisotopic (exact) mass is 451 g/mol. The van der Waals surface area contributed by atoms with Crippen molar-refractivity contribution in [3.05, 3.63) is 59.0 Å². The lowest BCUT2D eigenvalue weighted by Crippen LogP contribution is -2.54. The van der Waals surface area contributed by atoms with Gasteiger partial charge in [0.25, 0.3) is 0 Å². The van der Waals surface area contributed by atoms with Crippen molar-refractivity contribution in [2.45, 2.75) is 45.2 Å². The summed E-state index contributed by atoms with van der Waals surface area (Å²) < 4.78 is 1.82. The first-order chi connectivity index (χ1) is 15.7. The summed E-state index contributed by atoms with van der Waals surface area (Å²) in [6.45, 7) is 6.87. The molecule has 0 amide bonds. The second-order valence-corrected chi connectivity index (χ2v) is 9.14. The van der Waals surface area contributed by atoms with Crippen LogP contribution in [0.1, 0.15) is 36.9 Å². The van der Waals surface area contributed by atoms with Crippen LogP contribution in [0.2, 0.25) is 5.15 Å². The number of likely N-dealkylation sites (tertiary alicyclic amines) is 1. The van der Waals surface area contributed by atoms with Crippen LogP contribution in [0.3, 0.4) is 0 Å². The molecule has 0 unspecified atom stereocenters. The summed E-state index contributed by atoms with van der Waals surface area (Å²) in [6, 6.07) is 12.4. The molecule has 0 radical (unpaired) electrons. The predicted molar refractivity (Wildman–Crippen MR) is 129 cm³/mol. The van der Waals surface area contributed by atoms with Crippen LogP contribution in [0.5, 0.6) is 0 Å². The minimum atomic E-state index is 0.345. The van der Waals surface area contributed by atoms with Crippen molar-refractivity contribution < 1.29 is 0 Å². The fourth-order valence-electron chi connectivity index (χ4n) is 4.54. The molecule has 3 aromatic rings. The Kier molecular flexibility index (Phi) is 6.28. The van der Waals surface area contributed by atoms with Crippen molar-refractivity contribution in [1.82, 2.24) is 24.6 Å². The summed E-state index contributed by atoms with van der Waals surface area (Å²) in [4.78, 5) is 14.0. The first-order valence-electron chi connectivity index (χ1n) is 11.5. The molecule has 2 saturated heterocycles. The minimum absolute atomic E-state index is 0.345. The maximum Gasteiger partial charge on any atom is 0.224 e. The molecule has 5 rings (SSSR count). The highest BCUT2D eigenvalue weighted by atomic mass is 35.5. The van der Waals surface area contributed by atoms with Crippen LogP contribution < -0.4 is 10.2 Å². The lowest BCUT2D eigenvalue weighted by Gasteiger charge is -2.39. The van der Waals surface area contributed by atoms with Gasteiger partial charge in [-0.15, -0.1) is 0 Å². The summed E-state index contributed by atoms with van der Waals surface area (Å²) in [5.41, 5.74) is 3.05. The molecular weight excluding hydrogens is 422 g/mol. The second-order valence-electron chi connectivity index (χ2n) is 8.78. The highest BCUT2D eigenvalue weighted by Crippen LogP contribution is 2.27. The molecule has 0 bridgehead atoms. The van der Waals surface area contributed by atoms with Gasteiger partial charge in [0.15, 0.2) is 0 Å². The average molecular weight is 452 g/mol. The Labute approximate surface area is 194 Å². The molecule has 2 aliphatic rings. The van der Waals surface area contributed by atoms with E-state index in [1.165, 1.54) is 25.7 Å². The number of nitrogens with one attached hydrogen (secondary N) is 1. The number of para-hydroxylation sites is 1. The van der Waals surface area contributed by atoms with E-state index in [1.54, 1.807) is 0 Å². The first-order valence-corrected chi connectivity index (χ1v) is 11.9. The van der Waals surface area contributed by atoms with Crippen LogP contribution in [-0.2, 0) is 6.54 Å². The molecular formula is C24H30ClN7.